The van der Waals surface area contributed by atoms with E-state index in [1.807, 2.05) is 13.8 Å². The van der Waals surface area contributed by atoms with E-state index in [0.29, 0.717) is 4.87 Å². The predicted molar refractivity (Wildman–Crippen MR) is 62.7 cm³/mol. The maximum atomic E-state index is 5.58. The molecule has 0 N–H and O–H groups in total. The second-order valence-electron chi connectivity index (χ2n) is 2.99. The van der Waals surface area contributed by atoms with Crippen molar-refractivity contribution >= 4 is 21.9 Å². The van der Waals surface area contributed by atoms with E-state index in [9.17, 15) is 0 Å². The number of unbranched alkanes of at least 4 members (excludes halogenated alkanes) is 1. The van der Waals surface area contributed by atoms with E-state index in [1.165, 1.54) is 12.8 Å². The maximum absolute atomic E-state index is 5.58. The normalized spacial score (nSPS) is 13.6. The molecule has 0 aromatic rings. The molecule has 1 atom stereocenters. The minimum atomic E-state index is -1.50. The van der Waals surface area contributed by atoms with Gasteiger partial charge >= 0.3 is 9.28 Å². The molecule has 0 saturated heterocycles. The molecule has 4 heteroatoms. The molecular weight excluding hydrogens is 200 g/mol. The van der Waals surface area contributed by atoms with E-state index in [1.54, 1.807) is 0 Å². The SMILES string of the molecule is CCCCC(S)[SiH](OCC)OCC. The minimum absolute atomic E-state index is 0.347. The summed E-state index contributed by atoms with van der Waals surface area (Å²) in [6.07, 6.45) is 3.56. The van der Waals surface area contributed by atoms with Crippen molar-refractivity contribution in [2.24, 2.45) is 0 Å². The van der Waals surface area contributed by atoms with Crippen LogP contribution < -0.4 is 0 Å². The van der Waals surface area contributed by atoms with E-state index in [4.69, 9.17) is 8.85 Å². The Morgan fingerprint density at radius 2 is 1.69 bits per heavy atom. The van der Waals surface area contributed by atoms with Crippen molar-refractivity contribution in [3.05, 3.63) is 0 Å². The molecule has 80 valence electrons. The van der Waals surface area contributed by atoms with Crippen molar-refractivity contribution in [3.63, 3.8) is 0 Å². The second-order valence-corrected chi connectivity index (χ2v) is 6.42. The molecule has 0 rings (SSSR count). The zero-order chi connectivity index (χ0) is 10.1. The maximum Gasteiger partial charge on any atom is 0.334 e. The Balaban J connectivity index is 3.72. The second kappa shape index (κ2) is 9.06. The molecule has 2 nitrogen and oxygen atoms in total. The first-order valence-electron chi connectivity index (χ1n) is 5.17. The summed E-state index contributed by atoms with van der Waals surface area (Å²) in [6, 6.07) is 0. The van der Waals surface area contributed by atoms with Crippen LogP contribution in [0.5, 0.6) is 0 Å². The van der Waals surface area contributed by atoms with Gasteiger partial charge in [0, 0.05) is 18.1 Å². The van der Waals surface area contributed by atoms with Crippen molar-refractivity contribution in [1.29, 1.82) is 0 Å². The van der Waals surface area contributed by atoms with Crippen molar-refractivity contribution in [2.75, 3.05) is 13.2 Å². The van der Waals surface area contributed by atoms with Crippen LogP contribution in [0, 0.1) is 0 Å². The Labute approximate surface area is 89.3 Å². The van der Waals surface area contributed by atoms with Crippen LogP contribution in [0.25, 0.3) is 0 Å². The van der Waals surface area contributed by atoms with Crippen LogP contribution in [-0.2, 0) is 8.85 Å². The number of thiol groups is 1. The molecular formula is C9H22O2SSi. The Bertz CT molecular complexity index is 108. The van der Waals surface area contributed by atoms with Crippen LogP contribution in [0.1, 0.15) is 40.0 Å². The molecule has 1 unspecified atom stereocenters. The van der Waals surface area contributed by atoms with E-state index in [0.717, 1.165) is 19.6 Å². The lowest BCUT2D eigenvalue weighted by molar-refractivity contribution is 0.211. The van der Waals surface area contributed by atoms with E-state index in [-0.39, 0.29) is 0 Å². The monoisotopic (exact) mass is 222 g/mol. The van der Waals surface area contributed by atoms with Crippen LogP contribution >= 0.6 is 12.6 Å². The average Bonchev–Trinajstić information content (AvgIpc) is 2.14. The lowest BCUT2D eigenvalue weighted by Crippen LogP contribution is -2.34. The molecule has 0 bridgehead atoms. The highest BCUT2D eigenvalue weighted by molar-refractivity contribution is 7.82. The molecule has 0 fully saturated rings. The van der Waals surface area contributed by atoms with Gasteiger partial charge in [0.25, 0.3) is 0 Å². The molecule has 0 saturated carbocycles. The van der Waals surface area contributed by atoms with Crippen molar-refractivity contribution in [1.82, 2.24) is 0 Å². The molecule has 0 aromatic heterocycles. The number of hydrogen-bond acceptors (Lipinski definition) is 3. The van der Waals surface area contributed by atoms with Crippen molar-refractivity contribution < 1.29 is 8.85 Å². The van der Waals surface area contributed by atoms with Gasteiger partial charge in [-0.1, -0.05) is 19.8 Å². The van der Waals surface area contributed by atoms with Gasteiger partial charge in [-0.15, -0.1) is 0 Å². The standard InChI is InChI=1S/C9H22O2SSi/c1-4-7-8-9(12)13(10-5-2)11-6-3/h9,12-13H,4-8H2,1-3H3. The highest BCUT2D eigenvalue weighted by Gasteiger charge is 2.21. The van der Waals surface area contributed by atoms with Gasteiger partial charge in [-0.25, -0.2) is 0 Å². The summed E-state index contributed by atoms with van der Waals surface area (Å²) < 4.78 is 11.2. The molecule has 0 spiro atoms. The van der Waals surface area contributed by atoms with Crippen LogP contribution in [0.15, 0.2) is 0 Å². The van der Waals surface area contributed by atoms with Gasteiger partial charge in [0.05, 0.1) is 0 Å². The fourth-order valence-corrected chi connectivity index (χ4v) is 3.55. The number of rotatable bonds is 8. The first-order chi connectivity index (χ1) is 6.26. The Morgan fingerprint density at radius 3 is 2.08 bits per heavy atom. The highest BCUT2D eigenvalue weighted by atomic mass is 32.1. The van der Waals surface area contributed by atoms with Gasteiger partial charge in [-0.3, -0.25) is 0 Å². The molecule has 0 aliphatic carbocycles. The van der Waals surface area contributed by atoms with Gasteiger partial charge < -0.3 is 8.85 Å². The van der Waals surface area contributed by atoms with E-state index < -0.39 is 9.28 Å². The third-order valence-corrected chi connectivity index (χ3v) is 5.10. The summed E-state index contributed by atoms with van der Waals surface area (Å²) in [5, 5.41) is 0. The Morgan fingerprint density at radius 1 is 1.15 bits per heavy atom. The Hall–Kier alpha value is 0.487. The Kier molecular flexibility index (Phi) is 9.40. The molecule has 0 heterocycles. The molecule has 0 aliphatic heterocycles. The quantitative estimate of drug-likeness (QED) is 0.502. The van der Waals surface area contributed by atoms with Crippen LogP contribution in [0.3, 0.4) is 0 Å². The van der Waals surface area contributed by atoms with E-state index >= 15 is 0 Å². The van der Waals surface area contributed by atoms with Crippen LogP contribution in [0.2, 0.25) is 0 Å². The van der Waals surface area contributed by atoms with Crippen LogP contribution in [0.4, 0.5) is 0 Å². The summed E-state index contributed by atoms with van der Waals surface area (Å²) in [5.41, 5.74) is 0. The van der Waals surface area contributed by atoms with E-state index in [2.05, 4.69) is 19.6 Å². The fourth-order valence-electron chi connectivity index (χ4n) is 1.15. The minimum Gasteiger partial charge on any atom is -0.396 e. The first kappa shape index (κ1) is 13.5. The molecule has 13 heavy (non-hydrogen) atoms. The van der Waals surface area contributed by atoms with Crippen LogP contribution in [-0.4, -0.2) is 27.4 Å². The molecule has 0 aliphatic rings. The smallest absolute Gasteiger partial charge is 0.334 e. The number of hydrogen-bond donors (Lipinski definition) is 1. The van der Waals surface area contributed by atoms with Gasteiger partial charge in [-0.2, -0.15) is 12.6 Å². The fraction of sp³-hybridized carbons (Fsp3) is 1.00. The summed E-state index contributed by atoms with van der Waals surface area (Å²) in [4.78, 5) is 0.347. The molecule has 0 amide bonds. The zero-order valence-corrected chi connectivity index (χ0v) is 11.0. The molecule has 0 radical (unpaired) electrons. The summed E-state index contributed by atoms with van der Waals surface area (Å²) >= 11 is 4.54. The van der Waals surface area contributed by atoms with Crippen molar-refractivity contribution in [2.45, 2.75) is 44.9 Å². The topological polar surface area (TPSA) is 18.5 Å². The van der Waals surface area contributed by atoms with Crippen molar-refractivity contribution in [3.8, 4) is 0 Å². The van der Waals surface area contributed by atoms with Gasteiger partial charge in [0.1, 0.15) is 0 Å². The summed E-state index contributed by atoms with van der Waals surface area (Å²) in [7, 11) is -1.50. The largest absolute Gasteiger partial charge is 0.396 e. The summed E-state index contributed by atoms with van der Waals surface area (Å²) in [5.74, 6) is 0. The first-order valence-corrected chi connectivity index (χ1v) is 7.30. The average molecular weight is 222 g/mol. The lowest BCUT2D eigenvalue weighted by atomic mass is 10.3. The molecule has 0 aromatic carbocycles. The van der Waals surface area contributed by atoms with Gasteiger partial charge in [0.15, 0.2) is 0 Å². The predicted octanol–water partition coefficient (Wildman–Crippen LogP) is 2.31. The lowest BCUT2D eigenvalue weighted by Gasteiger charge is -2.20. The third kappa shape index (κ3) is 6.54. The summed E-state index contributed by atoms with van der Waals surface area (Å²) in [6.45, 7) is 7.72. The zero-order valence-electron chi connectivity index (χ0n) is 8.95. The third-order valence-electron chi connectivity index (χ3n) is 1.83. The highest BCUT2D eigenvalue weighted by Crippen LogP contribution is 2.12. The van der Waals surface area contributed by atoms with Gasteiger partial charge in [0.2, 0.25) is 0 Å². The van der Waals surface area contributed by atoms with Gasteiger partial charge in [-0.05, 0) is 20.3 Å².